The van der Waals surface area contributed by atoms with Crippen molar-refractivity contribution in [1.29, 1.82) is 0 Å². The van der Waals surface area contributed by atoms with Gasteiger partial charge in [-0.15, -0.1) is 0 Å². The first-order valence-electron chi connectivity index (χ1n) is 8.19. The largest absolute Gasteiger partial charge is 0.471 e. The van der Waals surface area contributed by atoms with Crippen molar-refractivity contribution in [3.05, 3.63) is 41.5 Å². The number of anilines is 1. The molecule has 7 heteroatoms. The van der Waals surface area contributed by atoms with Gasteiger partial charge in [0, 0.05) is 18.3 Å². The van der Waals surface area contributed by atoms with E-state index in [1.165, 1.54) is 18.9 Å². The summed E-state index contributed by atoms with van der Waals surface area (Å²) in [5.74, 6) is -1.80. The number of hydrogen-bond donors (Lipinski definition) is 2. The van der Waals surface area contributed by atoms with Crippen molar-refractivity contribution in [2.75, 3.05) is 5.32 Å². The lowest BCUT2D eigenvalue weighted by atomic mass is 9.99. The molecule has 0 radical (unpaired) electrons. The molecule has 0 aliphatic heterocycles. The Hall–Kier alpha value is -2.31. The van der Waals surface area contributed by atoms with Crippen molar-refractivity contribution >= 4 is 17.5 Å². The first-order valence-corrected chi connectivity index (χ1v) is 8.19. The monoisotopic (exact) mass is 354 g/mol. The van der Waals surface area contributed by atoms with Gasteiger partial charge in [0.05, 0.1) is 0 Å². The SMILES string of the molecule is C/C(=C\C(=O)Nc1cccc(CNC(=O)C(F)(F)F)c1)C1CCCC1. The lowest BCUT2D eigenvalue weighted by Gasteiger charge is -2.11. The minimum Gasteiger partial charge on any atom is -0.344 e. The molecule has 0 bridgehead atoms. The maximum Gasteiger partial charge on any atom is 0.471 e. The molecule has 1 aromatic carbocycles. The Labute approximate surface area is 144 Å². The molecule has 136 valence electrons. The van der Waals surface area contributed by atoms with E-state index < -0.39 is 12.1 Å². The van der Waals surface area contributed by atoms with Crippen LogP contribution in [0, 0.1) is 5.92 Å². The third-order valence-corrected chi connectivity index (χ3v) is 4.26. The van der Waals surface area contributed by atoms with E-state index in [2.05, 4.69) is 5.32 Å². The Morgan fingerprint density at radius 3 is 2.56 bits per heavy atom. The standard InChI is InChI=1S/C18H21F3N2O2/c1-12(14-6-2-3-7-14)9-16(24)23-15-8-4-5-13(10-15)11-22-17(25)18(19,20)21/h4-5,8-10,14H,2-3,6-7,11H2,1H3,(H,22,25)(H,23,24)/b12-9+. The number of amides is 2. The summed E-state index contributed by atoms with van der Waals surface area (Å²) in [7, 11) is 0. The highest BCUT2D eigenvalue weighted by Crippen LogP contribution is 2.30. The Morgan fingerprint density at radius 2 is 1.92 bits per heavy atom. The van der Waals surface area contributed by atoms with Gasteiger partial charge in [-0.2, -0.15) is 13.2 Å². The third kappa shape index (κ3) is 5.92. The molecule has 1 aromatic rings. The summed E-state index contributed by atoms with van der Waals surface area (Å²) in [4.78, 5) is 22.9. The van der Waals surface area contributed by atoms with Gasteiger partial charge in [0.1, 0.15) is 0 Å². The smallest absolute Gasteiger partial charge is 0.344 e. The zero-order valence-electron chi connectivity index (χ0n) is 14.0. The summed E-state index contributed by atoms with van der Waals surface area (Å²) >= 11 is 0. The van der Waals surface area contributed by atoms with Crippen molar-refractivity contribution in [3.63, 3.8) is 0 Å². The fourth-order valence-corrected chi connectivity index (χ4v) is 2.93. The molecule has 0 aromatic heterocycles. The third-order valence-electron chi connectivity index (χ3n) is 4.26. The summed E-state index contributed by atoms with van der Waals surface area (Å²) < 4.78 is 36.5. The van der Waals surface area contributed by atoms with Crippen LogP contribution in [0.15, 0.2) is 35.9 Å². The quantitative estimate of drug-likeness (QED) is 0.787. The second kappa shape index (κ2) is 8.18. The summed E-state index contributed by atoms with van der Waals surface area (Å²) in [6, 6.07) is 6.36. The molecular weight excluding hydrogens is 333 g/mol. The Kier molecular flexibility index (Phi) is 6.22. The van der Waals surface area contributed by atoms with Gasteiger partial charge in [-0.1, -0.05) is 30.5 Å². The molecule has 2 N–H and O–H groups in total. The van der Waals surface area contributed by atoms with Gasteiger partial charge < -0.3 is 10.6 Å². The number of allylic oxidation sites excluding steroid dienone is 1. The molecule has 2 amide bonds. The van der Waals surface area contributed by atoms with Gasteiger partial charge in [0.15, 0.2) is 0 Å². The van der Waals surface area contributed by atoms with Gasteiger partial charge >= 0.3 is 12.1 Å². The molecule has 1 aliphatic carbocycles. The Balaban J connectivity index is 1.93. The highest BCUT2D eigenvalue weighted by atomic mass is 19.4. The molecule has 4 nitrogen and oxygen atoms in total. The minimum absolute atomic E-state index is 0.263. The maximum atomic E-state index is 12.2. The maximum absolute atomic E-state index is 12.2. The van der Waals surface area contributed by atoms with Crippen LogP contribution >= 0.6 is 0 Å². The first-order chi connectivity index (χ1) is 11.8. The van der Waals surface area contributed by atoms with E-state index in [1.54, 1.807) is 29.6 Å². The van der Waals surface area contributed by atoms with E-state index in [4.69, 9.17) is 0 Å². The Morgan fingerprint density at radius 1 is 1.24 bits per heavy atom. The van der Waals surface area contributed by atoms with Gasteiger partial charge in [-0.3, -0.25) is 9.59 Å². The molecule has 1 aliphatic rings. The van der Waals surface area contributed by atoms with E-state index in [0.29, 0.717) is 17.2 Å². The van der Waals surface area contributed by atoms with E-state index in [9.17, 15) is 22.8 Å². The second-order valence-corrected chi connectivity index (χ2v) is 6.24. The highest BCUT2D eigenvalue weighted by molar-refractivity contribution is 5.99. The van der Waals surface area contributed by atoms with Crippen LogP contribution in [0.25, 0.3) is 0 Å². The fraction of sp³-hybridized carbons (Fsp3) is 0.444. The first kappa shape index (κ1) is 19.0. The second-order valence-electron chi connectivity index (χ2n) is 6.24. The number of rotatable bonds is 5. The number of nitrogens with one attached hydrogen (secondary N) is 2. The number of carbonyl (C=O) groups is 2. The molecule has 0 unspecified atom stereocenters. The van der Waals surface area contributed by atoms with Crippen molar-refractivity contribution in [2.45, 2.75) is 45.3 Å². The fourth-order valence-electron chi connectivity index (χ4n) is 2.93. The van der Waals surface area contributed by atoms with Crippen LogP contribution in [0.5, 0.6) is 0 Å². The summed E-state index contributed by atoms with van der Waals surface area (Å²) in [6.07, 6.45) is 1.24. The average molecular weight is 354 g/mol. The van der Waals surface area contributed by atoms with Crippen molar-refractivity contribution in [2.24, 2.45) is 5.92 Å². The zero-order chi connectivity index (χ0) is 18.4. The van der Waals surface area contributed by atoms with Gasteiger partial charge in [0.25, 0.3) is 0 Å². The lowest BCUT2D eigenvalue weighted by molar-refractivity contribution is -0.173. The van der Waals surface area contributed by atoms with E-state index >= 15 is 0 Å². The number of halogens is 3. The van der Waals surface area contributed by atoms with Crippen LogP contribution in [0.1, 0.15) is 38.2 Å². The normalized spacial score (nSPS) is 15.9. The van der Waals surface area contributed by atoms with Crippen LogP contribution < -0.4 is 10.6 Å². The summed E-state index contributed by atoms with van der Waals surface area (Å²) in [5, 5.41) is 4.50. The predicted molar refractivity (Wildman–Crippen MR) is 88.7 cm³/mol. The number of carbonyl (C=O) groups excluding carboxylic acids is 2. The topological polar surface area (TPSA) is 58.2 Å². The number of benzene rings is 1. The van der Waals surface area contributed by atoms with Gasteiger partial charge in [-0.05, 0) is 43.4 Å². The molecule has 0 saturated heterocycles. The van der Waals surface area contributed by atoms with Crippen molar-refractivity contribution < 1.29 is 22.8 Å². The van der Waals surface area contributed by atoms with E-state index in [0.717, 1.165) is 18.4 Å². The predicted octanol–water partition coefficient (Wildman–Crippen LogP) is 3.94. The number of alkyl halides is 3. The average Bonchev–Trinajstić information content (AvgIpc) is 3.06. The van der Waals surface area contributed by atoms with Crippen LogP contribution in [-0.2, 0) is 16.1 Å². The number of hydrogen-bond acceptors (Lipinski definition) is 2. The lowest BCUT2D eigenvalue weighted by Crippen LogP contribution is -2.36. The molecule has 2 rings (SSSR count). The molecular formula is C18H21F3N2O2. The molecule has 0 heterocycles. The zero-order valence-corrected chi connectivity index (χ0v) is 14.0. The Bertz CT molecular complexity index is 663. The van der Waals surface area contributed by atoms with Crippen LogP contribution in [0.3, 0.4) is 0 Å². The van der Waals surface area contributed by atoms with Crippen molar-refractivity contribution in [1.82, 2.24) is 5.32 Å². The van der Waals surface area contributed by atoms with Crippen LogP contribution in [0.2, 0.25) is 0 Å². The van der Waals surface area contributed by atoms with Gasteiger partial charge in [0.2, 0.25) is 5.91 Å². The van der Waals surface area contributed by atoms with E-state index in [-0.39, 0.29) is 12.5 Å². The summed E-state index contributed by atoms with van der Waals surface area (Å²) in [6.45, 7) is 1.68. The van der Waals surface area contributed by atoms with Gasteiger partial charge in [-0.25, -0.2) is 0 Å². The van der Waals surface area contributed by atoms with Crippen LogP contribution in [0.4, 0.5) is 18.9 Å². The molecule has 1 fully saturated rings. The van der Waals surface area contributed by atoms with E-state index in [1.807, 2.05) is 6.92 Å². The molecule has 25 heavy (non-hydrogen) atoms. The van der Waals surface area contributed by atoms with Crippen LogP contribution in [-0.4, -0.2) is 18.0 Å². The molecule has 0 spiro atoms. The highest BCUT2D eigenvalue weighted by Gasteiger charge is 2.38. The molecule has 1 saturated carbocycles. The van der Waals surface area contributed by atoms with Crippen molar-refractivity contribution in [3.8, 4) is 0 Å². The summed E-state index contributed by atoms with van der Waals surface area (Å²) in [5.41, 5.74) is 1.98. The minimum atomic E-state index is -4.91. The molecule has 0 atom stereocenters.